The van der Waals surface area contributed by atoms with Gasteiger partial charge in [-0.1, -0.05) is 81.3 Å². The fraction of sp³-hybridized carbons (Fsp3) is 0.500. The summed E-state index contributed by atoms with van der Waals surface area (Å²) in [4.78, 5) is 49.1. The van der Waals surface area contributed by atoms with Crippen LogP contribution < -0.4 is 16.0 Å². The van der Waals surface area contributed by atoms with Gasteiger partial charge in [0.25, 0.3) is 0 Å². The summed E-state index contributed by atoms with van der Waals surface area (Å²) in [6.07, 6.45) is 15.2. The number of halogens is 1. The number of nitrogens with one attached hydrogen (secondary N) is 3. The van der Waals surface area contributed by atoms with Crippen LogP contribution >= 0.6 is 11.6 Å². The van der Waals surface area contributed by atoms with Gasteiger partial charge in [0.15, 0.2) is 5.76 Å². The Hall–Kier alpha value is -3.79. The van der Waals surface area contributed by atoms with Crippen molar-refractivity contribution in [2.45, 2.75) is 79.1 Å². The third kappa shape index (κ3) is 14.8. The Morgan fingerprint density at radius 2 is 1.84 bits per heavy atom. The molecule has 1 rings (SSSR count). The zero-order chi connectivity index (χ0) is 32.6. The van der Waals surface area contributed by atoms with Crippen LogP contribution in [0.25, 0.3) is 0 Å². The Balaban J connectivity index is 2.71. The summed E-state index contributed by atoms with van der Waals surface area (Å²) in [6, 6.07) is -0.814. The number of esters is 1. The Kier molecular flexibility index (Phi) is 16.2. The lowest BCUT2D eigenvalue weighted by Crippen LogP contribution is -2.52. The lowest BCUT2D eigenvalue weighted by atomic mass is 9.86. The van der Waals surface area contributed by atoms with E-state index in [-0.39, 0.29) is 23.7 Å². The molecule has 3 N–H and O–H groups in total. The van der Waals surface area contributed by atoms with Crippen LogP contribution in [-0.4, -0.2) is 56.3 Å². The highest BCUT2D eigenvalue weighted by Gasteiger charge is 2.32. The maximum absolute atomic E-state index is 12.9. The number of ether oxygens (including phenoxy) is 3. The van der Waals surface area contributed by atoms with E-state index >= 15 is 0 Å². The van der Waals surface area contributed by atoms with Crippen LogP contribution in [0.4, 0.5) is 4.79 Å². The Morgan fingerprint density at radius 3 is 2.42 bits per heavy atom. The number of hydrogen-bond acceptors (Lipinski definition) is 7. The van der Waals surface area contributed by atoms with Gasteiger partial charge in [0, 0.05) is 43.3 Å². The van der Waals surface area contributed by atoms with Crippen LogP contribution in [0.3, 0.4) is 0 Å². The first-order valence-corrected chi connectivity index (χ1v) is 14.5. The average molecular weight is 620 g/mol. The van der Waals surface area contributed by atoms with E-state index in [1.807, 2.05) is 46.8 Å². The molecule has 11 heteroatoms. The van der Waals surface area contributed by atoms with Gasteiger partial charge in [0.05, 0.1) is 7.11 Å². The quantitative estimate of drug-likeness (QED) is 0.136. The summed E-state index contributed by atoms with van der Waals surface area (Å²) in [6.45, 7) is 11.2. The van der Waals surface area contributed by atoms with Gasteiger partial charge in [-0.25, -0.2) is 9.59 Å². The molecular formula is C32H46ClN3O7. The molecule has 0 aliphatic carbocycles. The van der Waals surface area contributed by atoms with Crippen molar-refractivity contribution in [2.75, 3.05) is 14.2 Å². The maximum Gasteiger partial charge on any atom is 0.407 e. The fourth-order valence-corrected chi connectivity index (χ4v) is 4.06. The van der Waals surface area contributed by atoms with Crippen LogP contribution in [0.2, 0.25) is 0 Å². The molecule has 0 radical (unpaired) electrons. The minimum Gasteiger partial charge on any atom is -0.490 e. The van der Waals surface area contributed by atoms with Gasteiger partial charge in [-0.05, 0) is 31.5 Å². The van der Waals surface area contributed by atoms with Crippen molar-refractivity contribution in [1.29, 1.82) is 0 Å². The summed E-state index contributed by atoms with van der Waals surface area (Å²) < 4.78 is 15.7. The number of allylic oxidation sites excluding steroid dienone is 5. The van der Waals surface area contributed by atoms with E-state index in [0.717, 1.165) is 5.57 Å². The van der Waals surface area contributed by atoms with E-state index in [9.17, 15) is 19.2 Å². The second kappa shape index (κ2) is 18.7. The zero-order valence-electron chi connectivity index (χ0n) is 26.4. The number of amides is 3. The van der Waals surface area contributed by atoms with E-state index in [1.54, 1.807) is 37.3 Å². The van der Waals surface area contributed by atoms with Gasteiger partial charge in [-0.3, -0.25) is 9.59 Å². The van der Waals surface area contributed by atoms with E-state index in [0.29, 0.717) is 24.3 Å². The van der Waals surface area contributed by atoms with Crippen LogP contribution in [0.15, 0.2) is 71.2 Å². The second-order valence-corrected chi connectivity index (χ2v) is 11.8. The Morgan fingerprint density at radius 1 is 1.16 bits per heavy atom. The highest BCUT2D eigenvalue weighted by molar-refractivity contribution is 6.29. The van der Waals surface area contributed by atoms with Crippen molar-refractivity contribution in [3.8, 4) is 0 Å². The summed E-state index contributed by atoms with van der Waals surface area (Å²) in [5.41, 5.74) is 0.368. The largest absolute Gasteiger partial charge is 0.490 e. The first kappa shape index (κ1) is 37.2. The second-order valence-electron chi connectivity index (χ2n) is 11.2. The molecule has 0 saturated carbocycles. The molecule has 0 saturated heterocycles. The van der Waals surface area contributed by atoms with Crippen LogP contribution in [0.1, 0.15) is 60.8 Å². The summed E-state index contributed by atoms with van der Waals surface area (Å²) in [5.74, 6) is -1.07. The van der Waals surface area contributed by atoms with Gasteiger partial charge in [0.2, 0.25) is 11.8 Å². The fourth-order valence-electron chi connectivity index (χ4n) is 3.97. The van der Waals surface area contributed by atoms with E-state index in [4.69, 9.17) is 25.8 Å². The molecule has 1 aliphatic heterocycles. The van der Waals surface area contributed by atoms with Gasteiger partial charge in [0.1, 0.15) is 18.2 Å². The van der Waals surface area contributed by atoms with Gasteiger partial charge < -0.3 is 30.2 Å². The first-order chi connectivity index (χ1) is 20.2. The third-order valence-corrected chi connectivity index (χ3v) is 6.50. The molecule has 0 aromatic rings. The van der Waals surface area contributed by atoms with E-state index in [2.05, 4.69) is 16.0 Å². The minimum absolute atomic E-state index is 0.0171. The van der Waals surface area contributed by atoms with Crippen LogP contribution in [-0.2, 0) is 28.6 Å². The van der Waals surface area contributed by atoms with Crippen molar-refractivity contribution < 1.29 is 33.4 Å². The van der Waals surface area contributed by atoms with E-state index < -0.39 is 35.5 Å². The molecule has 43 heavy (non-hydrogen) atoms. The average Bonchev–Trinajstić information content (AvgIpc) is 2.93. The molecule has 238 valence electrons. The molecule has 1 heterocycles. The number of rotatable bonds is 14. The Bertz CT molecular complexity index is 1160. The van der Waals surface area contributed by atoms with Crippen LogP contribution in [0, 0.1) is 11.3 Å². The monoisotopic (exact) mass is 619 g/mol. The number of cyclic esters (lactones) is 1. The van der Waals surface area contributed by atoms with Crippen molar-refractivity contribution in [2.24, 2.45) is 11.3 Å². The van der Waals surface area contributed by atoms with Crippen molar-refractivity contribution >= 4 is 35.5 Å². The Labute approximate surface area is 260 Å². The molecule has 0 fully saturated rings. The molecule has 4 atom stereocenters. The third-order valence-electron chi connectivity index (χ3n) is 6.34. The molecule has 0 aromatic heterocycles. The number of carbonyl (C=O) groups excluding carboxylic acids is 4. The molecule has 1 aliphatic rings. The normalized spacial score (nSPS) is 18.6. The van der Waals surface area contributed by atoms with Crippen LogP contribution in [0.5, 0.6) is 0 Å². The smallest absolute Gasteiger partial charge is 0.407 e. The molecule has 0 unspecified atom stereocenters. The lowest BCUT2D eigenvalue weighted by molar-refractivity contribution is -0.151. The summed E-state index contributed by atoms with van der Waals surface area (Å²) >= 11 is 5.89. The minimum atomic E-state index is -0.814. The summed E-state index contributed by atoms with van der Waals surface area (Å²) in [5, 5.41) is 8.45. The number of alkyl carbamates (subject to hydrolysis) is 1. The predicted molar refractivity (Wildman–Crippen MR) is 168 cm³/mol. The van der Waals surface area contributed by atoms with Crippen molar-refractivity contribution in [3.63, 3.8) is 0 Å². The molecule has 0 aromatic carbocycles. The van der Waals surface area contributed by atoms with Crippen molar-refractivity contribution in [3.05, 3.63) is 71.2 Å². The number of carbonyl (C=O) groups is 4. The van der Waals surface area contributed by atoms with Gasteiger partial charge in [-0.2, -0.15) is 0 Å². The molecule has 0 spiro atoms. The number of hydrogen-bond donors (Lipinski definition) is 3. The van der Waals surface area contributed by atoms with E-state index in [1.165, 1.54) is 26.4 Å². The first-order valence-electron chi connectivity index (χ1n) is 14.1. The molecule has 0 bridgehead atoms. The molecule has 3 amide bonds. The predicted octanol–water partition coefficient (Wildman–Crippen LogP) is 5.34. The summed E-state index contributed by atoms with van der Waals surface area (Å²) in [7, 11) is 2.91. The lowest BCUT2D eigenvalue weighted by Gasteiger charge is -2.29. The molecular weight excluding hydrogens is 574 g/mol. The highest BCUT2D eigenvalue weighted by Crippen LogP contribution is 2.23. The zero-order valence-corrected chi connectivity index (χ0v) is 27.1. The highest BCUT2D eigenvalue weighted by atomic mass is 35.5. The molecule has 10 nitrogen and oxygen atoms in total. The van der Waals surface area contributed by atoms with Crippen molar-refractivity contribution in [1.82, 2.24) is 16.0 Å². The SMILES string of the molecule is CNC(=O)O[C@@H](C/C=C\NC(=O)[C@@H](NC(=O)\C=C/C=C\C(C)=C\[C@H](C)[C@@H]1CC=C(OC)C(=O)O1)C(C)(C)C)C/C=C(\C)Cl. The van der Waals surface area contributed by atoms with Gasteiger partial charge >= 0.3 is 12.1 Å². The standard InChI is InChI=1S/C32H46ClN3O7/c1-21(20-22(2)25-17-18-26(41-8)30(39)43-25)12-9-10-14-27(37)36-28(32(4,5)6)29(38)35-19-11-13-24(16-15-23(3)33)42-31(40)34-7/h9-12,14-15,18-20,22,24-25,28H,13,16-17H2,1-8H3,(H,34,40)(H,35,38)(H,36,37)/b12-9-,14-10-,19-11-,21-20+,23-15+/t22-,24-,25-,28+/m0/s1. The number of methoxy groups -OCH3 is 1. The maximum atomic E-state index is 12.9. The van der Waals surface area contributed by atoms with Gasteiger partial charge in [-0.15, -0.1) is 0 Å². The topological polar surface area (TPSA) is 132 Å².